The maximum Gasteiger partial charge on any atom is 0.312 e. The number of nitrogens with one attached hydrogen (secondary N) is 1. The first-order chi connectivity index (χ1) is 7.91. The molecule has 1 aliphatic carbocycles. The van der Waals surface area contributed by atoms with Crippen molar-refractivity contribution < 1.29 is 9.59 Å². The SMILES string of the molecule is CC(C)CN(C(=O)C(=O)NCC(N)=S)C1CC1. The van der Waals surface area contributed by atoms with Gasteiger partial charge in [-0.1, -0.05) is 26.1 Å². The van der Waals surface area contributed by atoms with E-state index in [4.69, 9.17) is 5.73 Å². The van der Waals surface area contributed by atoms with Gasteiger partial charge in [-0.2, -0.15) is 0 Å². The molecule has 0 aliphatic heterocycles. The highest BCUT2D eigenvalue weighted by atomic mass is 32.1. The lowest BCUT2D eigenvalue weighted by molar-refractivity contribution is -0.146. The molecule has 1 saturated carbocycles. The minimum Gasteiger partial charge on any atom is -0.392 e. The summed E-state index contributed by atoms with van der Waals surface area (Å²) in [5.74, 6) is -0.745. The summed E-state index contributed by atoms with van der Waals surface area (Å²) in [6.45, 7) is 4.73. The fraction of sp³-hybridized carbons (Fsp3) is 0.727. The second-order valence-electron chi connectivity index (χ2n) is 4.73. The third-order valence-corrected chi connectivity index (χ3v) is 2.57. The largest absolute Gasteiger partial charge is 0.392 e. The molecule has 0 aromatic rings. The molecule has 0 aromatic carbocycles. The number of hydrogen-bond donors (Lipinski definition) is 2. The van der Waals surface area contributed by atoms with Gasteiger partial charge in [0.15, 0.2) is 0 Å². The quantitative estimate of drug-likeness (QED) is 0.538. The van der Waals surface area contributed by atoms with Crippen molar-refractivity contribution in [3.63, 3.8) is 0 Å². The summed E-state index contributed by atoms with van der Waals surface area (Å²) >= 11 is 4.64. The molecule has 0 saturated heterocycles. The summed E-state index contributed by atoms with van der Waals surface area (Å²) < 4.78 is 0. The van der Waals surface area contributed by atoms with Crippen LogP contribution in [0.3, 0.4) is 0 Å². The van der Waals surface area contributed by atoms with Crippen molar-refractivity contribution in [1.82, 2.24) is 10.2 Å². The van der Waals surface area contributed by atoms with Gasteiger partial charge in [-0.15, -0.1) is 0 Å². The van der Waals surface area contributed by atoms with Crippen LogP contribution in [0.1, 0.15) is 26.7 Å². The molecule has 0 atom stereocenters. The molecular weight excluding hydrogens is 238 g/mol. The van der Waals surface area contributed by atoms with Crippen molar-refractivity contribution in [2.75, 3.05) is 13.1 Å². The number of nitrogens with two attached hydrogens (primary N) is 1. The first-order valence-corrected chi connectivity index (χ1v) is 6.19. The van der Waals surface area contributed by atoms with Gasteiger partial charge < -0.3 is 16.0 Å². The molecule has 0 unspecified atom stereocenters. The summed E-state index contributed by atoms with van der Waals surface area (Å²) in [4.78, 5) is 25.3. The number of thiocarbonyl (C=S) groups is 1. The smallest absolute Gasteiger partial charge is 0.312 e. The highest BCUT2D eigenvalue weighted by Crippen LogP contribution is 2.27. The van der Waals surface area contributed by atoms with Gasteiger partial charge in [0, 0.05) is 12.6 Å². The number of carbonyl (C=O) groups excluding carboxylic acids is 2. The minimum absolute atomic E-state index is 0.0695. The van der Waals surface area contributed by atoms with E-state index in [1.165, 1.54) is 0 Å². The van der Waals surface area contributed by atoms with Crippen LogP contribution in [-0.2, 0) is 9.59 Å². The van der Waals surface area contributed by atoms with Crippen molar-refractivity contribution >= 4 is 29.0 Å². The van der Waals surface area contributed by atoms with Crippen molar-refractivity contribution in [3.05, 3.63) is 0 Å². The minimum atomic E-state index is -0.620. The van der Waals surface area contributed by atoms with E-state index < -0.39 is 11.8 Å². The lowest BCUT2D eigenvalue weighted by Gasteiger charge is -2.23. The van der Waals surface area contributed by atoms with Gasteiger partial charge in [-0.25, -0.2) is 0 Å². The standard InChI is InChI=1S/C11H19N3O2S/c1-7(2)6-14(8-3-4-8)11(16)10(15)13-5-9(12)17/h7-8H,3-6H2,1-2H3,(H2,12,17)(H,13,15). The maximum absolute atomic E-state index is 11.9. The van der Waals surface area contributed by atoms with Crippen LogP contribution in [0.15, 0.2) is 0 Å². The van der Waals surface area contributed by atoms with Gasteiger partial charge in [0.25, 0.3) is 0 Å². The van der Waals surface area contributed by atoms with E-state index in [-0.39, 0.29) is 17.6 Å². The number of carbonyl (C=O) groups is 2. The van der Waals surface area contributed by atoms with Crippen LogP contribution in [0.25, 0.3) is 0 Å². The van der Waals surface area contributed by atoms with E-state index in [0.717, 1.165) is 12.8 Å². The number of rotatable bonds is 5. The molecule has 0 aromatic heterocycles. The summed E-state index contributed by atoms with van der Waals surface area (Å²) in [6, 6.07) is 0.237. The summed E-state index contributed by atoms with van der Waals surface area (Å²) in [5.41, 5.74) is 5.26. The Balaban J connectivity index is 2.51. The fourth-order valence-electron chi connectivity index (χ4n) is 1.55. The predicted molar refractivity (Wildman–Crippen MR) is 69.4 cm³/mol. The van der Waals surface area contributed by atoms with Gasteiger partial charge in [0.2, 0.25) is 0 Å². The van der Waals surface area contributed by atoms with Crippen LogP contribution in [0, 0.1) is 5.92 Å². The van der Waals surface area contributed by atoms with Gasteiger partial charge in [-0.3, -0.25) is 9.59 Å². The Morgan fingerprint density at radius 3 is 2.47 bits per heavy atom. The fourth-order valence-corrected chi connectivity index (χ4v) is 1.62. The number of hydrogen-bond acceptors (Lipinski definition) is 3. The van der Waals surface area contributed by atoms with E-state index >= 15 is 0 Å². The molecule has 1 aliphatic rings. The molecule has 2 amide bonds. The average molecular weight is 257 g/mol. The van der Waals surface area contributed by atoms with Crippen LogP contribution in [-0.4, -0.2) is 40.8 Å². The summed E-state index contributed by atoms with van der Waals surface area (Å²) in [7, 11) is 0. The Morgan fingerprint density at radius 2 is 2.06 bits per heavy atom. The lowest BCUT2D eigenvalue weighted by Crippen LogP contribution is -2.47. The number of nitrogens with zero attached hydrogens (tertiary/aromatic N) is 1. The molecular formula is C11H19N3O2S. The molecule has 5 nitrogen and oxygen atoms in total. The molecule has 6 heteroatoms. The van der Waals surface area contributed by atoms with E-state index in [0.29, 0.717) is 12.5 Å². The molecule has 0 bridgehead atoms. The zero-order valence-electron chi connectivity index (χ0n) is 10.2. The number of amides is 2. The second kappa shape index (κ2) is 5.95. The monoisotopic (exact) mass is 257 g/mol. The van der Waals surface area contributed by atoms with E-state index in [1.807, 2.05) is 13.8 Å². The predicted octanol–water partition coefficient (Wildman–Crippen LogP) is 0.0357. The molecule has 1 fully saturated rings. The first-order valence-electron chi connectivity index (χ1n) is 5.79. The zero-order chi connectivity index (χ0) is 13.0. The second-order valence-corrected chi connectivity index (χ2v) is 5.26. The van der Waals surface area contributed by atoms with Crippen LogP contribution in [0.2, 0.25) is 0 Å². The Kier molecular flexibility index (Phi) is 4.86. The Hall–Kier alpha value is -1.17. The third-order valence-electron chi connectivity index (χ3n) is 2.43. The summed E-state index contributed by atoms with van der Waals surface area (Å²) in [6.07, 6.45) is 1.97. The highest BCUT2D eigenvalue weighted by molar-refractivity contribution is 7.80. The van der Waals surface area contributed by atoms with Crippen LogP contribution in [0.5, 0.6) is 0 Å². The van der Waals surface area contributed by atoms with Crippen molar-refractivity contribution in [2.24, 2.45) is 11.7 Å². The topological polar surface area (TPSA) is 75.4 Å². The van der Waals surface area contributed by atoms with E-state index in [1.54, 1.807) is 4.90 Å². The van der Waals surface area contributed by atoms with Gasteiger partial charge >= 0.3 is 11.8 Å². The molecule has 17 heavy (non-hydrogen) atoms. The third kappa shape index (κ3) is 4.68. The Morgan fingerprint density at radius 1 is 1.47 bits per heavy atom. The first kappa shape index (κ1) is 13.9. The van der Waals surface area contributed by atoms with Crippen molar-refractivity contribution in [1.29, 1.82) is 0 Å². The van der Waals surface area contributed by atoms with Crippen molar-refractivity contribution in [2.45, 2.75) is 32.7 Å². The zero-order valence-corrected chi connectivity index (χ0v) is 11.0. The Labute approximate surface area is 107 Å². The Bertz CT molecular complexity index is 327. The van der Waals surface area contributed by atoms with E-state index in [9.17, 15) is 9.59 Å². The highest BCUT2D eigenvalue weighted by Gasteiger charge is 2.35. The van der Waals surface area contributed by atoms with Gasteiger partial charge in [-0.05, 0) is 18.8 Å². The average Bonchev–Trinajstić information content (AvgIpc) is 3.04. The lowest BCUT2D eigenvalue weighted by atomic mass is 10.2. The molecule has 0 spiro atoms. The molecule has 0 radical (unpaired) electrons. The van der Waals surface area contributed by atoms with Crippen LogP contribution < -0.4 is 11.1 Å². The maximum atomic E-state index is 11.9. The van der Waals surface area contributed by atoms with Crippen LogP contribution in [0.4, 0.5) is 0 Å². The van der Waals surface area contributed by atoms with E-state index in [2.05, 4.69) is 17.5 Å². The normalized spacial score (nSPS) is 14.5. The van der Waals surface area contributed by atoms with Gasteiger partial charge in [0.05, 0.1) is 11.5 Å². The summed E-state index contributed by atoms with van der Waals surface area (Å²) in [5, 5.41) is 2.42. The van der Waals surface area contributed by atoms with Gasteiger partial charge in [0.1, 0.15) is 0 Å². The molecule has 3 N–H and O–H groups in total. The molecule has 1 rings (SSSR count). The van der Waals surface area contributed by atoms with Crippen LogP contribution >= 0.6 is 12.2 Å². The van der Waals surface area contributed by atoms with Crippen molar-refractivity contribution in [3.8, 4) is 0 Å². The molecule has 0 heterocycles. The molecule has 96 valence electrons.